The number of hydrogen-bond acceptors (Lipinski definition) is 3. The van der Waals surface area contributed by atoms with Crippen molar-refractivity contribution in [3.8, 4) is 0 Å². The molecule has 0 rings (SSSR count). The van der Waals surface area contributed by atoms with Crippen molar-refractivity contribution >= 4 is 11.7 Å². The Morgan fingerprint density at radius 3 is 2.31 bits per heavy atom. The van der Waals surface area contributed by atoms with Crippen LogP contribution < -0.4 is 11.1 Å². The Hall–Kier alpha value is -1.26. The molecule has 0 bridgehead atoms. The van der Waals surface area contributed by atoms with Crippen LogP contribution in [0.4, 0.5) is 0 Å². The first-order chi connectivity index (χ1) is 7.18. The van der Waals surface area contributed by atoms with E-state index in [-0.39, 0.29) is 23.1 Å². The second kappa shape index (κ2) is 5.72. The van der Waals surface area contributed by atoms with Crippen LogP contribution >= 0.6 is 0 Å². The van der Waals surface area contributed by atoms with E-state index in [9.17, 15) is 4.79 Å². The van der Waals surface area contributed by atoms with Crippen LogP contribution in [0.3, 0.4) is 0 Å². The van der Waals surface area contributed by atoms with E-state index in [4.69, 9.17) is 10.9 Å². The summed E-state index contributed by atoms with van der Waals surface area (Å²) in [5.74, 6) is 0.199. The van der Waals surface area contributed by atoms with E-state index in [2.05, 4.69) is 31.2 Å². The summed E-state index contributed by atoms with van der Waals surface area (Å²) in [5, 5.41) is 14.0. The fraction of sp³-hybridized carbons (Fsp3) is 0.818. The molecule has 5 heteroatoms. The lowest BCUT2D eigenvalue weighted by atomic mass is 9.80. The molecule has 0 aromatic heterocycles. The van der Waals surface area contributed by atoms with E-state index in [1.807, 2.05) is 6.92 Å². The summed E-state index contributed by atoms with van der Waals surface area (Å²) < 4.78 is 0. The molecule has 16 heavy (non-hydrogen) atoms. The fourth-order valence-electron chi connectivity index (χ4n) is 1.05. The van der Waals surface area contributed by atoms with Gasteiger partial charge in [-0.15, -0.1) is 0 Å². The lowest BCUT2D eigenvalue weighted by Gasteiger charge is -2.27. The summed E-state index contributed by atoms with van der Waals surface area (Å²) in [5.41, 5.74) is 5.46. The zero-order valence-electron chi connectivity index (χ0n) is 10.7. The topological polar surface area (TPSA) is 87.7 Å². The average Bonchev–Trinajstić information content (AvgIpc) is 2.14. The second-order valence-corrected chi connectivity index (χ2v) is 5.29. The van der Waals surface area contributed by atoms with E-state index >= 15 is 0 Å². The number of nitrogens with two attached hydrogens (primary N) is 1. The van der Waals surface area contributed by atoms with Crippen LogP contribution in [0.5, 0.6) is 0 Å². The van der Waals surface area contributed by atoms with Gasteiger partial charge in [0.1, 0.15) is 0 Å². The van der Waals surface area contributed by atoms with Crippen LogP contribution in [0, 0.1) is 11.3 Å². The van der Waals surface area contributed by atoms with Crippen molar-refractivity contribution < 1.29 is 10.0 Å². The molecule has 94 valence electrons. The minimum absolute atomic E-state index is 0.0109. The van der Waals surface area contributed by atoms with Gasteiger partial charge in [0.15, 0.2) is 5.84 Å². The molecule has 1 amide bonds. The van der Waals surface area contributed by atoms with Crippen molar-refractivity contribution in [1.82, 2.24) is 5.32 Å². The molecule has 0 spiro atoms. The lowest BCUT2D eigenvalue weighted by Crippen LogP contribution is -2.43. The number of hydrogen-bond donors (Lipinski definition) is 3. The molecule has 0 fully saturated rings. The van der Waals surface area contributed by atoms with Gasteiger partial charge in [0.25, 0.3) is 0 Å². The van der Waals surface area contributed by atoms with E-state index < -0.39 is 6.04 Å². The summed E-state index contributed by atoms with van der Waals surface area (Å²) in [7, 11) is 0. The molecular weight excluding hydrogens is 206 g/mol. The predicted octanol–water partition coefficient (Wildman–Crippen LogP) is 1.31. The zero-order valence-corrected chi connectivity index (χ0v) is 10.7. The molecule has 2 atom stereocenters. The van der Waals surface area contributed by atoms with E-state index in [1.165, 1.54) is 0 Å². The maximum absolute atomic E-state index is 11.6. The molecule has 0 saturated heterocycles. The molecule has 2 unspecified atom stereocenters. The summed E-state index contributed by atoms with van der Waals surface area (Å²) in [6, 6.07) is -0.440. The Labute approximate surface area is 97.1 Å². The van der Waals surface area contributed by atoms with E-state index in [1.54, 1.807) is 6.92 Å². The number of carbonyl (C=O) groups is 1. The van der Waals surface area contributed by atoms with Crippen LogP contribution in [0.1, 0.15) is 41.0 Å². The Balaban J connectivity index is 4.20. The fourth-order valence-corrected chi connectivity index (χ4v) is 1.05. The minimum atomic E-state index is -0.440. The Kier molecular flexibility index (Phi) is 5.27. The Bertz CT molecular complexity index is 269. The number of amides is 1. The third-order valence-corrected chi connectivity index (χ3v) is 2.91. The number of amidine groups is 1. The summed E-state index contributed by atoms with van der Waals surface area (Å²) in [4.78, 5) is 11.6. The van der Waals surface area contributed by atoms with Crippen LogP contribution in [0.25, 0.3) is 0 Å². The SMILES string of the molecule is CC(NC(=O)CC(C)C(C)(C)C)C(N)=NO. The molecule has 5 nitrogen and oxygen atoms in total. The van der Waals surface area contributed by atoms with Gasteiger partial charge in [-0.1, -0.05) is 32.9 Å². The zero-order chi connectivity index (χ0) is 12.9. The minimum Gasteiger partial charge on any atom is -0.409 e. The number of rotatable bonds is 4. The second-order valence-electron chi connectivity index (χ2n) is 5.29. The third kappa shape index (κ3) is 5.00. The van der Waals surface area contributed by atoms with Gasteiger partial charge in [0.05, 0.1) is 6.04 Å². The highest BCUT2D eigenvalue weighted by Gasteiger charge is 2.23. The molecule has 0 aliphatic carbocycles. The Morgan fingerprint density at radius 1 is 1.44 bits per heavy atom. The summed E-state index contributed by atoms with van der Waals surface area (Å²) in [6.07, 6.45) is 0.437. The molecule has 0 heterocycles. The summed E-state index contributed by atoms with van der Waals surface area (Å²) >= 11 is 0. The predicted molar refractivity (Wildman–Crippen MR) is 64.2 cm³/mol. The average molecular weight is 229 g/mol. The van der Waals surface area contributed by atoms with Crippen molar-refractivity contribution in [2.45, 2.75) is 47.1 Å². The lowest BCUT2D eigenvalue weighted by molar-refractivity contribution is -0.122. The molecule has 0 aliphatic heterocycles. The van der Waals surface area contributed by atoms with Gasteiger partial charge in [-0.2, -0.15) is 0 Å². The highest BCUT2D eigenvalue weighted by atomic mass is 16.4. The van der Waals surface area contributed by atoms with Gasteiger partial charge in [0.2, 0.25) is 5.91 Å². The molecule has 4 N–H and O–H groups in total. The number of oxime groups is 1. The monoisotopic (exact) mass is 229 g/mol. The highest BCUT2D eigenvalue weighted by molar-refractivity contribution is 5.89. The molecule has 0 radical (unpaired) electrons. The smallest absolute Gasteiger partial charge is 0.220 e. The highest BCUT2D eigenvalue weighted by Crippen LogP contribution is 2.27. The van der Waals surface area contributed by atoms with E-state index in [0.29, 0.717) is 6.42 Å². The number of nitrogens with one attached hydrogen (secondary N) is 1. The maximum atomic E-state index is 11.6. The van der Waals surface area contributed by atoms with Crippen molar-refractivity contribution in [2.24, 2.45) is 22.2 Å². The molecular formula is C11H23N3O2. The number of carbonyl (C=O) groups excluding carboxylic acids is 1. The maximum Gasteiger partial charge on any atom is 0.220 e. The van der Waals surface area contributed by atoms with Gasteiger partial charge in [-0.3, -0.25) is 4.79 Å². The number of nitrogens with zero attached hydrogens (tertiary/aromatic N) is 1. The quantitative estimate of drug-likeness (QED) is 0.294. The summed E-state index contributed by atoms with van der Waals surface area (Å²) in [6.45, 7) is 10.00. The first kappa shape index (κ1) is 14.7. The van der Waals surface area contributed by atoms with Crippen molar-refractivity contribution in [1.29, 1.82) is 0 Å². The normalized spacial score (nSPS) is 16.7. The van der Waals surface area contributed by atoms with Crippen molar-refractivity contribution in [3.63, 3.8) is 0 Å². The van der Waals surface area contributed by atoms with Crippen LogP contribution in [-0.4, -0.2) is 23.0 Å². The van der Waals surface area contributed by atoms with Crippen molar-refractivity contribution in [3.05, 3.63) is 0 Å². The van der Waals surface area contributed by atoms with Crippen LogP contribution in [-0.2, 0) is 4.79 Å². The first-order valence-corrected chi connectivity index (χ1v) is 5.45. The molecule has 0 aromatic rings. The van der Waals surface area contributed by atoms with Gasteiger partial charge in [-0.25, -0.2) is 0 Å². The first-order valence-electron chi connectivity index (χ1n) is 5.45. The largest absolute Gasteiger partial charge is 0.409 e. The van der Waals surface area contributed by atoms with Crippen molar-refractivity contribution in [2.75, 3.05) is 0 Å². The van der Waals surface area contributed by atoms with Gasteiger partial charge in [-0.05, 0) is 18.3 Å². The van der Waals surface area contributed by atoms with Gasteiger partial charge < -0.3 is 16.3 Å². The van der Waals surface area contributed by atoms with E-state index in [0.717, 1.165) is 0 Å². The Morgan fingerprint density at radius 2 is 1.94 bits per heavy atom. The van der Waals surface area contributed by atoms with Crippen LogP contribution in [0.15, 0.2) is 5.16 Å². The molecule has 0 aromatic carbocycles. The third-order valence-electron chi connectivity index (χ3n) is 2.91. The van der Waals surface area contributed by atoms with Gasteiger partial charge in [0, 0.05) is 6.42 Å². The van der Waals surface area contributed by atoms with Gasteiger partial charge >= 0.3 is 0 Å². The standard InChI is InChI=1S/C11H23N3O2/c1-7(11(3,4)5)6-9(15)13-8(2)10(12)14-16/h7-8,16H,6H2,1-5H3,(H2,12,14)(H,13,15). The molecule has 0 saturated carbocycles. The van der Waals surface area contributed by atoms with Crippen LogP contribution in [0.2, 0.25) is 0 Å². The molecule has 0 aliphatic rings.